The molecule has 0 aromatic carbocycles. The molecule has 2 aromatic rings. The van der Waals surface area contributed by atoms with E-state index in [1.54, 1.807) is 11.5 Å². The summed E-state index contributed by atoms with van der Waals surface area (Å²) in [6.07, 6.45) is -6.46. The van der Waals surface area contributed by atoms with E-state index in [1.807, 2.05) is 4.90 Å². The molecule has 174 valence electrons. The van der Waals surface area contributed by atoms with Gasteiger partial charge in [0.15, 0.2) is 11.2 Å². The fourth-order valence-electron chi connectivity index (χ4n) is 3.47. The molecule has 1 unspecified atom stereocenters. The monoisotopic (exact) mass is 456 g/mol. The third-order valence-corrected chi connectivity index (χ3v) is 5.00. The van der Waals surface area contributed by atoms with Crippen LogP contribution in [0.1, 0.15) is 13.8 Å². The summed E-state index contributed by atoms with van der Waals surface area (Å²) in [6.45, 7) is 5.19. The van der Waals surface area contributed by atoms with Gasteiger partial charge in [-0.25, -0.2) is 9.59 Å². The zero-order valence-electron chi connectivity index (χ0n) is 17.8. The lowest BCUT2D eigenvalue weighted by molar-refractivity contribution is -0.204. The molecular formula is C19H23F3N6O4. The maximum Gasteiger partial charge on any atom is 0.490 e. The Morgan fingerprint density at radius 3 is 2.50 bits per heavy atom. The van der Waals surface area contributed by atoms with Crippen molar-refractivity contribution in [3.8, 4) is 11.8 Å². The molecule has 32 heavy (non-hydrogen) atoms. The topological polar surface area (TPSA) is 103 Å². The Balaban J connectivity index is 2.15. The van der Waals surface area contributed by atoms with Crippen molar-refractivity contribution < 1.29 is 22.7 Å². The number of halogens is 3. The number of alkyl halides is 3. The molecule has 13 heteroatoms. The van der Waals surface area contributed by atoms with Crippen LogP contribution in [-0.2, 0) is 29.7 Å². The number of rotatable bonds is 5. The molecule has 0 amide bonds. The molecule has 0 aliphatic carbocycles. The first-order valence-corrected chi connectivity index (χ1v) is 9.89. The third kappa shape index (κ3) is 4.50. The van der Waals surface area contributed by atoms with Crippen LogP contribution in [0, 0.1) is 11.8 Å². The molecule has 3 heterocycles. The fourth-order valence-corrected chi connectivity index (χ4v) is 3.47. The number of nitrogens with one attached hydrogen (secondary N) is 1. The van der Waals surface area contributed by atoms with E-state index < -0.39 is 36.0 Å². The van der Waals surface area contributed by atoms with Crippen LogP contribution in [0.5, 0.6) is 0 Å². The zero-order chi connectivity index (χ0) is 23.6. The fraction of sp³-hybridized carbons (Fsp3) is 0.579. The van der Waals surface area contributed by atoms with Gasteiger partial charge in [0.25, 0.3) is 5.56 Å². The smallest absolute Gasteiger partial charge is 0.454 e. The molecule has 2 aromatic heterocycles. The molecule has 1 atom stereocenters. The summed E-state index contributed by atoms with van der Waals surface area (Å²) in [5.41, 5.74) is -1.29. The van der Waals surface area contributed by atoms with Crippen molar-refractivity contribution in [3.05, 3.63) is 20.8 Å². The van der Waals surface area contributed by atoms with Crippen LogP contribution in [0.25, 0.3) is 11.2 Å². The van der Waals surface area contributed by atoms with Crippen LogP contribution in [0.2, 0.25) is 0 Å². The summed E-state index contributed by atoms with van der Waals surface area (Å²) in [5.74, 6) is 3.72. The molecule has 1 saturated heterocycles. The molecule has 0 saturated carbocycles. The lowest BCUT2D eigenvalue weighted by atomic mass is 10.3. The van der Waals surface area contributed by atoms with Gasteiger partial charge in [-0.2, -0.15) is 18.2 Å². The van der Waals surface area contributed by atoms with Gasteiger partial charge in [0.1, 0.15) is 6.10 Å². The van der Waals surface area contributed by atoms with Gasteiger partial charge in [0, 0.05) is 33.2 Å². The van der Waals surface area contributed by atoms with Gasteiger partial charge in [-0.1, -0.05) is 5.92 Å². The average Bonchev–Trinajstić information content (AvgIpc) is 3.13. The number of hydrogen-bond acceptors (Lipinski definition) is 7. The Hall–Kier alpha value is -3.27. The predicted molar refractivity (Wildman–Crippen MR) is 109 cm³/mol. The normalized spacial score (nSPS) is 15.4. The maximum atomic E-state index is 13.0. The van der Waals surface area contributed by atoms with E-state index in [0.29, 0.717) is 32.1 Å². The molecule has 1 fully saturated rings. The first kappa shape index (κ1) is 23.4. The summed E-state index contributed by atoms with van der Waals surface area (Å²) >= 11 is 0. The second-order valence-electron chi connectivity index (χ2n) is 7.31. The minimum atomic E-state index is -5.16. The Morgan fingerprint density at radius 2 is 1.91 bits per heavy atom. The standard InChI is InChI=1S/C19H23F3N6O4/c1-4-5-8-27-13-14(24-17(27)26-9-6-23-7-10-26)28(18(31)25(3)15(13)29)11-12(2)32-16(30)19(20,21)22/h12,23H,6-11H2,1-3H3. The van der Waals surface area contributed by atoms with Crippen LogP contribution >= 0.6 is 0 Å². The second kappa shape index (κ2) is 9.07. The average molecular weight is 456 g/mol. The van der Waals surface area contributed by atoms with Crippen molar-refractivity contribution in [2.75, 3.05) is 31.1 Å². The van der Waals surface area contributed by atoms with Crippen molar-refractivity contribution in [1.29, 1.82) is 0 Å². The van der Waals surface area contributed by atoms with E-state index in [0.717, 1.165) is 9.13 Å². The second-order valence-corrected chi connectivity index (χ2v) is 7.31. The van der Waals surface area contributed by atoms with Gasteiger partial charge in [0.05, 0.1) is 13.1 Å². The lowest BCUT2D eigenvalue weighted by Gasteiger charge is -2.28. The van der Waals surface area contributed by atoms with Crippen molar-refractivity contribution in [2.24, 2.45) is 7.05 Å². The van der Waals surface area contributed by atoms with Crippen molar-refractivity contribution in [1.82, 2.24) is 24.0 Å². The summed E-state index contributed by atoms with van der Waals surface area (Å²) in [6, 6.07) is 0. The molecule has 1 N–H and O–H groups in total. The van der Waals surface area contributed by atoms with Gasteiger partial charge < -0.3 is 15.0 Å². The zero-order valence-corrected chi connectivity index (χ0v) is 17.8. The molecule has 1 aliphatic heterocycles. The Labute approximate surface area is 180 Å². The SMILES string of the molecule is CC#CCn1c(N2CCNCC2)nc2c1c(=O)n(C)c(=O)n2CC(C)OC(=O)C(F)(F)F. The summed E-state index contributed by atoms with van der Waals surface area (Å²) in [4.78, 5) is 43.4. The van der Waals surface area contributed by atoms with E-state index in [-0.39, 0.29) is 17.7 Å². The Kier molecular flexibility index (Phi) is 6.63. The Morgan fingerprint density at radius 1 is 1.25 bits per heavy atom. The first-order valence-electron chi connectivity index (χ1n) is 9.89. The van der Waals surface area contributed by atoms with Gasteiger partial charge in [-0.05, 0) is 13.8 Å². The predicted octanol–water partition coefficient (Wildman–Crippen LogP) is -0.176. The van der Waals surface area contributed by atoms with E-state index >= 15 is 0 Å². The quantitative estimate of drug-likeness (QED) is 0.492. The number of hydrogen-bond donors (Lipinski definition) is 1. The van der Waals surface area contributed by atoms with E-state index in [2.05, 4.69) is 26.9 Å². The van der Waals surface area contributed by atoms with E-state index in [9.17, 15) is 27.6 Å². The molecule has 0 bridgehead atoms. The van der Waals surface area contributed by atoms with Crippen LogP contribution < -0.4 is 21.5 Å². The highest BCUT2D eigenvalue weighted by atomic mass is 19.4. The number of carbonyl (C=O) groups is 1. The first-order chi connectivity index (χ1) is 15.1. The van der Waals surface area contributed by atoms with Gasteiger partial charge in [0.2, 0.25) is 5.95 Å². The molecule has 10 nitrogen and oxygen atoms in total. The minimum absolute atomic E-state index is 0.000515. The summed E-state index contributed by atoms with van der Waals surface area (Å²) in [7, 11) is 1.26. The number of esters is 1. The number of nitrogens with zero attached hydrogens (tertiary/aromatic N) is 5. The van der Waals surface area contributed by atoms with Crippen molar-refractivity contribution >= 4 is 23.1 Å². The molecule has 1 aliphatic rings. The highest BCUT2D eigenvalue weighted by molar-refractivity contribution is 5.76. The molecule has 3 rings (SSSR count). The van der Waals surface area contributed by atoms with E-state index in [1.165, 1.54) is 14.0 Å². The number of aromatic nitrogens is 4. The van der Waals surface area contributed by atoms with Crippen molar-refractivity contribution in [3.63, 3.8) is 0 Å². The number of ether oxygens (including phenoxy) is 1. The Bertz CT molecular complexity index is 1190. The van der Waals surface area contributed by atoms with Crippen LogP contribution in [0.4, 0.5) is 19.1 Å². The van der Waals surface area contributed by atoms with Gasteiger partial charge in [-0.3, -0.25) is 18.5 Å². The van der Waals surface area contributed by atoms with E-state index in [4.69, 9.17) is 0 Å². The largest absolute Gasteiger partial charge is 0.490 e. The molecular weight excluding hydrogens is 433 g/mol. The van der Waals surface area contributed by atoms with Crippen LogP contribution in [-0.4, -0.2) is 63.1 Å². The summed E-state index contributed by atoms with van der Waals surface area (Å²) in [5, 5.41) is 3.21. The van der Waals surface area contributed by atoms with Crippen molar-refractivity contribution in [2.45, 2.75) is 39.2 Å². The van der Waals surface area contributed by atoms with Gasteiger partial charge >= 0.3 is 17.8 Å². The molecule has 0 spiro atoms. The minimum Gasteiger partial charge on any atom is -0.454 e. The third-order valence-electron chi connectivity index (χ3n) is 5.00. The number of fused-ring (bicyclic) bond motifs is 1. The van der Waals surface area contributed by atoms with Gasteiger partial charge in [-0.15, -0.1) is 5.92 Å². The number of carbonyl (C=O) groups excluding carboxylic acids is 1. The summed E-state index contributed by atoms with van der Waals surface area (Å²) < 4.78 is 45.6. The highest BCUT2D eigenvalue weighted by Gasteiger charge is 2.42. The number of anilines is 1. The maximum absolute atomic E-state index is 13.0. The van der Waals surface area contributed by atoms with Crippen LogP contribution in [0.3, 0.4) is 0 Å². The molecule has 0 radical (unpaired) electrons. The highest BCUT2D eigenvalue weighted by Crippen LogP contribution is 2.21. The lowest BCUT2D eigenvalue weighted by Crippen LogP contribution is -2.44. The number of piperazine rings is 1. The number of imidazole rings is 1. The van der Waals surface area contributed by atoms with Crippen LogP contribution in [0.15, 0.2) is 9.59 Å².